The number of nitrogens with one attached hydrogen (secondary N) is 1. The molecular weight excluding hydrogens is 266 g/mol. The van der Waals surface area contributed by atoms with Crippen LogP contribution >= 0.6 is 11.3 Å². The number of likely N-dealkylation sites (tertiary alicyclic amines) is 1. The molecule has 1 aliphatic rings. The Kier molecular flexibility index (Phi) is 4.29. The first kappa shape index (κ1) is 13.5. The minimum atomic E-state index is 0.609. The molecule has 0 aliphatic carbocycles. The molecule has 2 heterocycles. The normalized spacial score (nSPS) is 22.8. The van der Waals surface area contributed by atoms with Crippen molar-refractivity contribution in [2.45, 2.75) is 31.6 Å². The lowest BCUT2D eigenvalue weighted by molar-refractivity contribution is -0.906. The summed E-state index contributed by atoms with van der Waals surface area (Å²) in [5.41, 5.74) is 1.14. The standard InChI is InChI=1S/C16H19N3S/c17-9-3-4-10-19-11-5-6-13(12-19)16-18-14-7-1-2-8-15(14)20-16/h1-2,7-8,13H,3-6,10-12H2/p+1/t13-/m1/s1. The molecule has 3 rings (SSSR count). The zero-order valence-electron chi connectivity index (χ0n) is 11.6. The summed E-state index contributed by atoms with van der Waals surface area (Å²) in [6.45, 7) is 3.58. The summed E-state index contributed by atoms with van der Waals surface area (Å²) in [5.74, 6) is 0.609. The van der Waals surface area contributed by atoms with Gasteiger partial charge in [-0.2, -0.15) is 5.26 Å². The fourth-order valence-corrected chi connectivity index (χ4v) is 4.17. The molecule has 1 aromatic heterocycles. The smallest absolute Gasteiger partial charge is 0.103 e. The number of hydrogen-bond donors (Lipinski definition) is 1. The summed E-state index contributed by atoms with van der Waals surface area (Å²) in [5, 5.41) is 9.95. The van der Waals surface area contributed by atoms with Gasteiger partial charge in [-0.25, -0.2) is 4.98 Å². The number of nitriles is 1. The summed E-state index contributed by atoms with van der Waals surface area (Å²) < 4.78 is 1.30. The second-order valence-corrected chi connectivity index (χ2v) is 6.64. The van der Waals surface area contributed by atoms with E-state index in [1.165, 1.54) is 35.6 Å². The second-order valence-electron chi connectivity index (χ2n) is 5.57. The first-order valence-corrected chi connectivity index (χ1v) is 8.24. The highest BCUT2D eigenvalue weighted by molar-refractivity contribution is 7.18. The van der Waals surface area contributed by atoms with Gasteiger partial charge < -0.3 is 4.90 Å². The first-order valence-electron chi connectivity index (χ1n) is 7.43. The zero-order chi connectivity index (χ0) is 13.8. The van der Waals surface area contributed by atoms with E-state index in [2.05, 4.69) is 30.3 Å². The van der Waals surface area contributed by atoms with E-state index in [1.807, 2.05) is 11.3 Å². The van der Waals surface area contributed by atoms with Crippen LogP contribution in [0.3, 0.4) is 0 Å². The molecule has 1 aliphatic heterocycles. The monoisotopic (exact) mass is 286 g/mol. The molecule has 1 fully saturated rings. The highest BCUT2D eigenvalue weighted by Gasteiger charge is 2.26. The number of para-hydroxylation sites is 1. The third-order valence-corrected chi connectivity index (χ3v) is 5.30. The molecule has 1 aromatic carbocycles. The topological polar surface area (TPSA) is 41.1 Å². The molecule has 104 valence electrons. The van der Waals surface area contributed by atoms with E-state index in [-0.39, 0.29) is 0 Å². The van der Waals surface area contributed by atoms with Crippen molar-refractivity contribution >= 4 is 21.6 Å². The fourth-order valence-electron chi connectivity index (χ4n) is 3.07. The number of fused-ring (bicyclic) bond motifs is 1. The zero-order valence-corrected chi connectivity index (χ0v) is 12.5. The average Bonchev–Trinajstić information content (AvgIpc) is 2.92. The van der Waals surface area contributed by atoms with Crippen LogP contribution in [0.25, 0.3) is 10.2 Å². The number of thiazole rings is 1. The van der Waals surface area contributed by atoms with Crippen molar-refractivity contribution in [2.24, 2.45) is 0 Å². The predicted molar refractivity (Wildman–Crippen MR) is 82.0 cm³/mol. The number of hydrogen-bond acceptors (Lipinski definition) is 3. The molecule has 1 saturated heterocycles. The van der Waals surface area contributed by atoms with Crippen LogP contribution in [-0.2, 0) is 0 Å². The van der Waals surface area contributed by atoms with Crippen molar-refractivity contribution in [1.29, 1.82) is 5.26 Å². The highest BCUT2D eigenvalue weighted by atomic mass is 32.1. The summed E-state index contributed by atoms with van der Waals surface area (Å²) in [6.07, 6.45) is 4.26. The number of aromatic nitrogens is 1. The van der Waals surface area contributed by atoms with Gasteiger partial charge in [0.2, 0.25) is 0 Å². The Morgan fingerprint density at radius 1 is 1.40 bits per heavy atom. The van der Waals surface area contributed by atoms with E-state index in [0.29, 0.717) is 12.3 Å². The Balaban J connectivity index is 1.68. The van der Waals surface area contributed by atoms with Gasteiger partial charge >= 0.3 is 0 Å². The van der Waals surface area contributed by atoms with E-state index in [4.69, 9.17) is 10.2 Å². The molecular formula is C16H20N3S+. The van der Waals surface area contributed by atoms with Gasteiger partial charge in [0.05, 0.1) is 41.8 Å². The quantitative estimate of drug-likeness (QED) is 0.877. The van der Waals surface area contributed by atoms with Crippen LogP contribution in [0.1, 0.15) is 36.6 Å². The Hall–Kier alpha value is -1.44. The lowest BCUT2D eigenvalue weighted by Gasteiger charge is -2.28. The van der Waals surface area contributed by atoms with Crippen LogP contribution in [0, 0.1) is 11.3 Å². The predicted octanol–water partition coefficient (Wildman–Crippen LogP) is 2.36. The van der Waals surface area contributed by atoms with E-state index in [9.17, 15) is 0 Å². The van der Waals surface area contributed by atoms with Gasteiger partial charge in [0.25, 0.3) is 0 Å². The summed E-state index contributed by atoms with van der Waals surface area (Å²) in [7, 11) is 0. The van der Waals surface area contributed by atoms with Crippen molar-refractivity contribution in [1.82, 2.24) is 4.98 Å². The minimum Gasteiger partial charge on any atom is -0.334 e. The van der Waals surface area contributed by atoms with Crippen LogP contribution in [0.15, 0.2) is 24.3 Å². The second kappa shape index (κ2) is 6.34. The van der Waals surface area contributed by atoms with Gasteiger partial charge in [0.1, 0.15) is 5.01 Å². The van der Waals surface area contributed by atoms with Crippen molar-refractivity contribution < 1.29 is 4.90 Å². The number of quaternary nitrogens is 1. The maximum atomic E-state index is 8.64. The molecule has 0 bridgehead atoms. The molecule has 0 saturated carbocycles. The Labute approximate surface area is 123 Å². The molecule has 2 aromatic rings. The van der Waals surface area contributed by atoms with Gasteiger partial charge in [-0.3, -0.25) is 0 Å². The molecule has 1 N–H and O–H groups in total. The molecule has 3 nitrogen and oxygen atoms in total. The number of piperidine rings is 1. The van der Waals surface area contributed by atoms with Crippen LogP contribution in [0.4, 0.5) is 0 Å². The van der Waals surface area contributed by atoms with Crippen molar-refractivity contribution in [2.75, 3.05) is 19.6 Å². The molecule has 4 heteroatoms. The summed E-state index contributed by atoms with van der Waals surface area (Å²) >= 11 is 1.86. The molecule has 2 atom stereocenters. The lowest BCUT2D eigenvalue weighted by Crippen LogP contribution is -3.13. The van der Waals surface area contributed by atoms with Gasteiger partial charge in [0.15, 0.2) is 0 Å². The number of unbranched alkanes of at least 4 members (excludes halogenated alkanes) is 1. The Morgan fingerprint density at radius 2 is 2.30 bits per heavy atom. The third-order valence-electron chi connectivity index (χ3n) is 4.10. The van der Waals surface area contributed by atoms with Crippen LogP contribution < -0.4 is 4.90 Å². The molecule has 0 amide bonds. The molecule has 20 heavy (non-hydrogen) atoms. The molecule has 1 unspecified atom stereocenters. The van der Waals surface area contributed by atoms with Gasteiger partial charge in [-0.15, -0.1) is 11.3 Å². The number of rotatable bonds is 4. The average molecular weight is 286 g/mol. The van der Waals surface area contributed by atoms with Crippen molar-refractivity contribution in [3.8, 4) is 6.07 Å². The number of benzene rings is 1. The Bertz CT molecular complexity index is 580. The molecule has 0 radical (unpaired) electrons. The van der Waals surface area contributed by atoms with E-state index in [1.54, 1.807) is 4.90 Å². The van der Waals surface area contributed by atoms with Crippen LogP contribution in [-0.4, -0.2) is 24.6 Å². The number of nitrogens with zero attached hydrogens (tertiary/aromatic N) is 2. The van der Waals surface area contributed by atoms with Gasteiger partial charge in [0, 0.05) is 12.8 Å². The van der Waals surface area contributed by atoms with E-state index >= 15 is 0 Å². The maximum Gasteiger partial charge on any atom is 0.103 e. The van der Waals surface area contributed by atoms with Crippen molar-refractivity contribution in [3.63, 3.8) is 0 Å². The van der Waals surface area contributed by atoms with Crippen LogP contribution in [0.2, 0.25) is 0 Å². The molecule has 0 spiro atoms. The van der Waals surface area contributed by atoms with Crippen molar-refractivity contribution in [3.05, 3.63) is 29.3 Å². The largest absolute Gasteiger partial charge is 0.334 e. The summed E-state index contributed by atoms with van der Waals surface area (Å²) in [4.78, 5) is 6.47. The Morgan fingerprint density at radius 3 is 3.15 bits per heavy atom. The minimum absolute atomic E-state index is 0.609. The maximum absolute atomic E-state index is 8.64. The summed E-state index contributed by atoms with van der Waals surface area (Å²) in [6, 6.07) is 10.7. The third kappa shape index (κ3) is 3.00. The van der Waals surface area contributed by atoms with Gasteiger partial charge in [-0.1, -0.05) is 12.1 Å². The first-order chi connectivity index (χ1) is 9.86. The van der Waals surface area contributed by atoms with E-state index < -0.39 is 0 Å². The van der Waals surface area contributed by atoms with Crippen LogP contribution in [0.5, 0.6) is 0 Å². The van der Waals surface area contributed by atoms with Gasteiger partial charge in [-0.05, 0) is 25.0 Å². The van der Waals surface area contributed by atoms with E-state index in [0.717, 1.165) is 18.5 Å². The highest BCUT2D eigenvalue weighted by Crippen LogP contribution is 2.30. The SMILES string of the molecule is N#CCCC[NH+]1CCC[C@@H](c2nc3ccccc3s2)C1. The fraction of sp³-hybridized carbons (Fsp3) is 0.500. The lowest BCUT2D eigenvalue weighted by atomic mass is 9.98.